The van der Waals surface area contributed by atoms with Gasteiger partial charge in [0.1, 0.15) is 5.75 Å². The van der Waals surface area contributed by atoms with Crippen molar-refractivity contribution in [3.05, 3.63) is 29.3 Å². The van der Waals surface area contributed by atoms with Gasteiger partial charge in [0, 0.05) is 11.8 Å². The largest absolute Gasteiger partial charge is 0.492 e. The smallest absolute Gasteiger partial charge is 0.125 e. The van der Waals surface area contributed by atoms with Crippen molar-refractivity contribution >= 4 is 11.8 Å². The van der Waals surface area contributed by atoms with E-state index >= 15 is 0 Å². The van der Waals surface area contributed by atoms with Crippen LogP contribution in [0.5, 0.6) is 5.75 Å². The third-order valence-electron chi connectivity index (χ3n) is 2.51. The van der Waals surface area contributed by atoms with Crippen LogP contribution in [0.1, 0.15) is 25.0 Å². The summed E-state index contributed by atoms with van der Waals surface area (Å²) in [6.07, 6.45) is 0.873. The van der Waals surface area contributed by atoms with Crippen LogP contribution in [0.15, 0.2) is 18.2 Å². The first-order valence-corrected chi connectivity index (χ1v) is 7.35. The lowest BCUT2D eigenvalue weighted by Crippen LogP contribution is -2.18. The van der Waals surface area contributed by atoms with Crippen molar-refractivity contribution in [1.29, 1.82) is 0 Å². The number of nitrogens with two attached hydrogens (primary N) is 1. The minimum atomic E-state index is 0.171. The molecule has 0 aliphatic heterocycles. The molecule has 0 radical (unpaired) electrons. The van der Waals surface area contributed by atoms with E-state index in [1.54, 1.807) is 0 Å². The molecule has 0 amide bonds. The Morgan fingerprint density at radius 2 is 2.18 bits per heavy atom. The summed E-state index contributed by atoms with van der Waals surface area (Å²) < 4.78 is 5.89. The molecule has 0 saturated heterocycles. The van der Waals surface area contributed by atoms with Crippen molar-refractivity contribution in [3.63, 3.8) is 0 Å². The van der Waals surface area contributed by atoms with Gasteiger partial charge in [0.05, 0.1) is 6.61 Å². The lowest BCUT2D eigenvalue weighted by molar-refractivity contribution is 0.337. The van der Waals surface area contributed by atoms with Gasteiger partial charge in [-0.05, 0) is 37.1 Å². The number of benzene rings is 1. The Morgan fingerprint density at radius 1 is 1.41 bits per heavy atom. The highest BCUT2D eigenvalue weighted by molar-refractivity contribution is 7.99. The van der Waals surface area contributed by atoms with E-state index < -0.39 is 0 Å². The molecule has 1 atom stereocenters. The summed E-state index contributed by atoms with van der Waals surface area (Å²) in [5.41, 5.74) is 8.28. The topological polar surface area (TPSA) is 35.2 Å². The van der Waals surface area contributed by atoms with Gasteiger partial charge < -0.3 is 10.5 Å². The van der Waals surface area contributed by atoms with Gasteiger partial charge in [-0.25, -0.2) is 0 Å². The number of thioether (sulfide) groups is 1. The molecule has 0 aliphatic carbocycles. The van der Waals surface area contributed by atoms with E-state index in [0.717, 1.165) is 30.3 Å². The molecule has 1 aromatic rings. The second-order valence-electron chi connectivity index (χ2n) is 4.29. The molecule has 96 valence electrons. The monoisotopic (exact) mass is 253 g/mol. The van der Waals surface area contributed by atoms with Gasteiger partial charge in [-0.1, -0.05) is 25.1 Å². The maximum absolute atomic E-state index is 5.89. The summed E-state index contributed by atoms with van der Waals surface area (Å²) in [6, 6.07) is 6.44. The van der Waals surface area contributed by atoms with Crippen LogP contribution in [-0.2, 0) is 6.42 Å². The molecule has 2 N–H and O–H groups in total. The van der Waals surface area contributed by atoms with Crippen LogP contribution in [0, 0.1) is 6.92 Å². The molecular formula is C14H23NOS. The molecule has 0 spiro atoms. The maximum Gasteiger partial charge on any atom is 0.125 e. The third kappa shape index (κ3) is 5.00. The molecule has 0 saturated carbocycles. The van der Waals surface area contributed by atoms with Crippen LogP contribution in [0.25, 0.3) is 0 Å². The quantitative estimate of drug-likeness (QED) is 0.759. The summed E-state index contributed by atoms with van der Waals surface area (Å²) in [4.78, 5) is 0. The molecule has 1 aromatic carbocycles. The lowest BCUT2D eigenvalue weighted by atomic mass is 10.0. The van der Waals surface area contributed by atoms with Gasteiger partial charge >= 0.3 is 0 Å². The molecule has 0 aromatic heterocycles. The summed E-state index contributed by atoms with van der Waals surface area (Å²) in [7, 11) is 0. The van der Waals surface area contributed by atoms with Crippen molar-refractivity contribution in [2.45, 2.75) is 33.2 Å². The number of para-hydroxylation sites is 1. The fourth-order valence-corrected chi connectivity index (χ4v) is 2.26. The summed E-state index contributed by atoms with van der Waals surface area (Å²) >= 11 is 1.90. The number of aryl methyl sites for hydroxylation is 1. The van der Waals surface area contributed by atoms with E-state index in [4.69, 9.17) is 10.5 Å². The normalized spacial score (nSPS) is 12.5. The summed E-state index contributed by atoms with van der Waals surface area (Å²) in [5, 5.41) is 0. The van der Waals surface area contributed by atoms with Gasteiger partial charge in [0.15, 0.2) is 0 Å². The molecule has 1 unspecified atom stereocenters. The molecule has 1 rings (SSSR count). The molecule has 3 heteroatoms. The molecule has 0 fully saturated rings. The van der Waals surface area contributed by atoms with Crippen LogP contribution in [0.3, 0.4) is 0 Å². The summed E-state index contributed by atoms with van der Waals surface area (Å²) in [6.45, 7) is 7.06. The zero-order chi connectivity index (χ0) is 12.7. The number of rotatable bonds is 7. The minimum Gasteiger partial charge on any atom is -0.492 e. The highest BCUT2D eigenvalue weighted by Crippen LogP contribution is 2.24. The van der Waals surface area contributed by atoms with Crippen LogP contribution in [0.4, 0.5) is 0 Å². The number of ether oxygens (including phenoxy) is 1. The van der Waals surface area contributed by atoms with E-state index in [-0.39, 0.29) is 6.04 Å². The maximum atomic E-state index is 5.89. The average Bonchev–Trinajstić information content (AvgIpc) is 2.26. The van der Waals surface area contributed by atoms with Crippen molar-refractivity contribution in [1.82, 2.24) is 0 Å². The van der Waals surface area contributed by atoms with Gasteiger partial charge in [-0.3, -0.25) is 0 Å². The first kappa shape index (κ1) is 14.4. The molecular weight excluding hydrogens is 230 g/mol. The van der Waals surface area contributed by atoms with Gasteiger partial charge in [0.25, 0.3) is 0 Å². The first-order valence-electron chi connectivity index (χ1n) is 6.19. The van der Waals surface area contributed by atoms with E-state index in [9.17, 15) is 0 Å². The van der Waals surface area contributed by atoms with Crippen molar-refractivity contribution in [3.8, 4) is 5.75 Å². The van der Waals surface area contributed by atoms with Crippen LogP contribution >= 0.6 is 11.8 Å². The Morgan fingerprint density at radius 3 is 2.82 bits per heavy atom. The average molecular weight is 253 g/mol. The van der Waals surface area contributed by atoms with Crippen molar-refractivity contribution in [2.24, 2.45) is 5.73 Å². The molecule has 0 heterocycles. The van der Waals surface area contributed by atoms with Crippen LogP contribution in [-0.4, -0.2) is 24.2 Å². The zero-order valence-corrected chi connectivity index (χ0v) is 11.8. The standard InChI is InChI=1S/C14H23NOS/c1-4-17-9-8-16-14-11(2)6-5-7-13(14)10-12(3)15/h5-7,12H,4,8-10,15H2,1-3H3. The second kappa shape index (κ2) is 7.62. The van der Waals surface area contributed by atoms with E-state index in [1.807, 2.05) is 18.7 Å². The van der Waals surface area contributed by atoms with Gasteiger partial charge in [0.2, 0.25) is 0 Å². The molecule has 0 bridgehead atoms. The Labute approximate surface area is 109 Å². The predicted molar refractivity (Wildman–Crippen MR) is 77.0 cm³/mol. The van der Waals surface area contributed by atoms with Crippen molar-refractivity contribution in [2.75, 3.05) is 18.1 Å². The first-order chi connectivity index (χ1) is 8.15. The van der Waals surface area contributed by atoms with Gasteiger partial charge in [-0.15, -0.1) is 0 Å². The SMILES string of the molecule is CCSCCOc1c(C)cccc1CC(C)N. The van der Waals surface area contributed by atoms with E-state index in [1.165, 1.54) is 11.1 Å². The third-order valence-corrected chi connectivity index (χ3v) is 3.38. The van der Waals surface area contributed by atoms with Gasteiger partial charge in [-0.2, -0.15) is 11.8 Å². The molecule has 17 heavy (non-hydrogen) atoms. The van der Waals surface area contributed by atoms with Crippen LogP contribution in [0.2, 0.25) is 0 Å². The Balaban J connectivity index is 2.66. The molecule has 2 nitrogen and oxygen atoms in total. The Hall–Kier alpha value is -0.670. The number of hydrogen-bond donors (Lipinski definition) is 1. The number of hydrogen-bond acceptors (Lipinski definition) is 3. The summed E-state index contributed by atoms with van der Waals surface area (Å²) in [5.74, 6) is 3.22. The lowest BCUT2D eigenvalue weighted by Gasteiger charge is -2.15. The van der Waals surface area contributed by atoms with Crippen molar-refractivity contribution < 1.29 is 4.74 Å². The van der Waals surface area contributed by atoms with Crippen LogP contribution < -0.4 is 10.5 Å². The zero-order valence-electron chi connectivity index (χ0n) is 11.0. The van der Waals surface area contributed by atoms with E-state index in [0.29, 0.717) is 0 Å². The molecule has 0 aliphatic rings. The fraction of sp³-hybridized carbons (Fsp3) is 0.571. The Kier molecular flexibility index (Phi) is 6.45. The Bertz CT molecular complexity index is 339. The fourth-order valence-electron chi connectivity index (χ4n) is 1.77. The van der Waals surface area contributed by atoms with E-state index in [2.05, 4.69) is 32.0 Å². The second-order valence-corrected chi connectivity index (χ2v) is 5.68. The minimum absolute atomic E-state index is 0.171. The highest BCUT2D eigenvalue weighted by Gasteiger charge is 2.08. The predicted octanol–water partition coefficient (Wildman–Crippen LogP) is 3.02. The highest BCUT2D eigenvalue weighted by atomic mass is 32.2.